The molecule has 2 aromatic carbocycles. The van der Waals surface area contributed by atoms with Crippen molar-refractivity contribution < 1.29 is 18.0 Å². The van der Waals surface area contributed by atoms with Crippen LogP contribution in [0, 0.1) is 17.5 Å². The van der Waals surface area contributed by atoms with Gasteiger partial charge in [0.1, 0.15) is 17.5 Å². The number of carbonyl (C=O) groups excluding carboxylic acids is 1. The van der Waals surface area contributed by atoms with Crippen molar-refractivity contribution >= 4 is 21.7 Å². The van der Waals surface area contributed by atoms with Gasteiger partial charge < -0.3 is 0 Å². The summed E-state index contributed by atoms with van der Waals surface area (Å²) in [6, 6.07) is 6.38. The van der Waals surface area contributed by atoms with Gasteiger partial charge in [0.15, 0.2) is 5.78 Å². The van der Waals surface area contributed by atoms with Gasteiger partial charge in [-0.1, -0.05) is 6.07 Å². The SMILES string of the molecule is O=C(c1cc(F)cc(F)c1)c1c(F)cccc1Br. The smallest absolute Gasteiger partial charge is 0.197 e. The molecule has 0 saturated carbocycles. The number of ketones is 1. The van der Waals surface area contributed by atoms with Gasteiger partial charge in [-0.25, -0.2) is 13.2 Å². The summed E-state index contributed by atoms with van der Waals surface area (Å²) in [6.45, 7) is 0. The largest absolute Gasteiger partial charge is 0.288 e. The molecule has 0 fully saturated rings. The second-order valence-electron chi connectivity index (χ2n) is 3.58. The van der Waals surface area contributed by atoms with Crippen LogP contribution in [0.5, 0.6) is 0 Å². The van der Waals surface area contributed by atoms with E-state index in [-0.39, 0.29) is 15.6 Å². The fraction of sp³-hybridized carbons (Fsp3) is 0. The average Bonchev–Trinajstić information content (AvgIpc) is 2.27. The number of hydrogen-bond acceptors (Lipinski definition) is 1. The maximum Gasteiger partial charge on any atom is 0.197 e. The molecule has 5 heteroatoms. The standard InChI is InChI=1S/C13H6BrF3O/c14-10-2-1-3-11(17)12(10)13(18)7-4-8(15)6-9(16)5-7/h1-6H. The highest BCUT2D eigenvalue weighted by molar-refractivity contribution is 9.10. The molecule has 0 spiro atoms. The van der Waals surface area contributed by atoms with Crippen LogP contribution >= 0.6 is 15.9 Å². The fourth-order valence-corrected chi connectivity index (χ4v) is 2.07. The van der Waals surface area contributed by atoms with Crippen molar-refractivity contribution in [3.63, 3.8) is 0 Å². The molecule has 92 valence electrons. The number of rotatable bonds is 2. The second-order valence-corrected chi connectivity index (χ2v) is 4.44. The van der Waals surface area contributed by atoms with Gasteiger partial charge in [0, 0.05) is 16.1 Å². The predicted molar refractivity (Wildman–Crippen MR) is 63.9 cm³/mol. The first-order valence-corrected chi connectivity index (χ1v) is 5.73. The Balaban J connectivity index is 2.55. The molecule has 1 nitrogen and oxygen atoms in total. The zero-order valence-corrected chi connectivity index (χ0v) is 10.5. The fourth-order valence-electron chi connectivity index (χ4n) is 1.54. The zero-order chi connectivity index (χ0) is 13.3. The van der Waals surface area contributed by atoms with E-state index in [9.17, 15) is 18.0 Å². The summed E-state index contributed by atoms with van der Waals surface area (Å²) in [5.74, 6) is -3.30. The monoisotopic (exact) mass is 314 g/mol. The van der Waals surface area contributed by atoms with Crippen LogP contribution in [0.15, 0.2) is 40.9 Å². The molecular formula is C13H6BrF3O. The molecule has 0 aromatic heterocycles. The molecule has 0 atom stereocenters. The van der Waals surface area contributed by atoms with Crippen molar-refractivity contribution in [3.05, 3.63) is 69.4 Å². The topological polar surface area (TPSA) is 17.1 Å². The molecule has 0 aliphatic carbocycles. The Bertz CT molecular complexity index is 585. The predicted octanol–water partition coefficient (Wildman–Crippen LogP) is 4.10. The second kappa shape index (κ2) is 4.94. The van der Waals surface area contributed by atoms with Gasteiger partial charge in [-0.05, 0) is 40.2 Å². The van der Waals surface area contributed by atoms with Gasteiger partial charge >= 0.3 is 0 Å². The van der Waals surface area contributed by atoms with Gasteiger partial charge in [-0.15, -0.1) is 0 Å². The van der Waals surface area contributed by atoms with Crippen LogP contribution in [-0.4, -0.2) is 5.78 Å². The maximum atomic E-state index is 13.5. The summed E-state index contributed by atoms with van der Waals surface area (Å²) in [4.78, 5) is 12.0. The number of halogens is 4. The van der Waals surface area contributed by atoms with E-state index < -0.39 is 23.2 Å². The third kappa shape index (κ3) is 2.46. The summed E-state index contributed by atoms with van der Waals surface area (Å²) in [7, 11) is 0. The van der Waals surface area contributed by atoms with Crippen LogP contribution in [0.2, 0.25) is 0 Å². The molecule has 0 heterocycles. The first-order valence-electron chi connectivity index (χ1n) is 4.94. The Labute approximate surface area is 109 Å². The highest BCUT2D eigenvalue weighted by Crippen LogP contribution is 2.23. The number of hydrogen-bond donors (Lipinski definition) is 0. The zero-order valence-electron chi connectivity index (χ0n) is 8.88. The van der Waals surface area contributed by atoms with Crippen LogP contribution in [-0.2, 0) is 0 Å². The van der Waals surface area contributed by atoms with E-state index in [0.717, 1.165) is 18.2 Å². The average molecular weight is 315 g/mol. The van der Waals surface area contributed by atoms with Crippen molar-refractivity contribution in [2.45, 2.75) is 0 Å². The third-order valence-corrected chi connectivity index (χ3v) is 2.98. The van der Waals surface area contributed by atoms with Crippen molar-refractivity contribution in [3.8, 4) is 0 Å². The van der Waals surface area contributed by atoms with Gasteiger partial charge in [-0.3, -0.25) is 4.79 Å². The Hall–Kier alpha value is -1.62. The van der Waals surface area contributed by atoms with Crippen LogP contribution in [0.4, 0.5) is 13.2 Å². The Morgan fingerprint density at radius 1 is 1.00 bits per heavy atom. The van der Waals surface area contributed by atoms with Gasteiger partial charge in [0.2, 0.25) is 0 Å². The number of carbonyl (C=O) groups is 1. The van der Waals surface area contributed by atoms with Gasteiger partial charge in [-0.2, -0.15) is 0 Å². The van der Waals surface area contributed by atoms with E-state index in [1.54, 1.807) is 0 Å². The molecule has 0 aliphatic heterocycles. The highest BCUT2D eigenvalue weighted by atomic mass is 79.9. The van der Waals surface area contributed by atoms with Crippen molar-refractivity contribution in [2.75, 3.05) is 0 Å². The van der Waals surface area contributed by atoms with Crippen molar-refractivity contribution in [1.82, 2.24) is 0 Å². The summed E-state index contributed by atoms with van der Waals surface area (Å²) in [6.07, 6.45) is 0. The lowest BCUT2D eigenvalue weighted by molar-refractivity contribution is 0.103. The van der Waals surface area contributed by atoms with E-state index in [2.05, 4.69) is 15.9 Å². The Morgan fingerprint density at radius 3 is 2.17 bits per heavy atom. The van der Waals surface area contributed by atoms with E-state index in [1.165, 1.54) is 12.1 Å². The Morgan fingerprint density at radius 2 is 1.61 bits per heavy atom. The highest BCUT2D eigenvalue weighted by Gasteiger charge is 2.18. The lowest BCUT2D eigenvalue weighted by Crippen LogP contribution is -2.06. The van der Waals surface area contributed by atoms with Gasteiger partial charge in [0.05, 0.1) is 5.56 Å². The van der Waals surface area contributed by atoms with Crippen LogP contribution in [0.25, 0.3) is 0 Å². The third-order valence-electron chi connectivity index (χ3n) is 2.31. The maximum absolute atomic E-state index is 13.5. The van der Waals surface area contributed by atoms with Crippen molar-refractivity contribution in [2.24, 2.45) is 0 Å². The summed E-state index contributed by atoms with van der Waals surface area (Å²) in [5, 5.41) is 0. The minimum absolute atomic E-state index is 0.233. The molecule has 2 rings (SSSR count). The van der Waals surface area contributed by atoms with E-state index in [4.69, 9.17) is 0 Å². The molecule has 0 radical (unpaired) electrons. The van der Waals surface area contributed by atoms with E-state index in [0.29, 0.717) is 6.07 Å². The quantitative estimate of drug-likeness (QED) is 0.763. The normalized spacial score (nSPS) is 10.4. The first-order chi connectivity index (χ1) is 8.49. The molecular weight excluding hydrogens is 309 g/mol. The lowest BCUT2D eigenvalue weighted by Gasteiger charge is -2.05. The minimum Gasteiger partial charge on any atom is -0.288 e. The molecule has 0 saturated heterocycles. The molecule has 0 amide bonds. The molecule has 0 N–H and O–H groups in total. The molecule has 2 aromatic rings. The summed E-state index contributed by atoms with van der Waals surface area (Å²) in [5.41, 5.74) is -0.485. The van der Waals surface area contributed by atoms with Crippen LogP contribution in [0.1, 0.15) is 15.9 Å². The van der Waals surface area contributed by atoms with E-state index >= 15 is 0 Å². The molecule has 0 bridgehead atoms. The lowest BCUT2D eigenvalue weighted by atomic mass is 10.0. The summed E-state index contributed by atoms with van der Waals surface area (Å²) >= 11 is 3.03. The minimum atomic E-state index is -0.884. The van der Waals surface area contributed by atoms with Crippen molar-refractivity contribution in [1.29, 1.82) is 0 Å². The first kappa shape index (κ1) is 12.8. The van der Waals surface area contributed by atoms with Gasteiger partial charge in [0.25, 0.3) is 0 Å². The summed E-state index contributed by atoms with van der Waals surface area (Å²) < 4.78 is 39.8. The van der Waals surface area contributed by atoms with Crippen LogP contribution in [0.3, 0.4) is 0 Å². The molecule has 0 unspecified atom stereocenters. The van der Waals surface area contributed by atoms with Crippen LogP contribution < -0.4 is 0 Å². The number of benzene rings is 2. The molecule has 0 aliphatic rings. The van der Waals surface area contributed by atoms with E-state index in [1.807, 2.05) is 0 Å². The molecule has 18 heavy (non-hydrogen) atoms. The Kier molecular flexibility index (Phi) is 3.52.